The molecule has 0 amide bonds. The molecule has 0 bridgehead atoms. The first-order chi connectivity index (χ1) is 6.77. The van der Waals surface area contributed by atoms with Crippen LogP contribution in [-0.2, 0) is 4.74 Å². The van der Waals surface area contributed by atoms with Gasteiger partial charge in [0.1, 0.15) is 0 Å². The van der Waals surface area contributed by atoms with Crippen molar-refractivity contribution in [1.29, 1.82) is 0 Å². The maximum absolute atomic E-state index is 5.45. The van der Waals surface area contributed by atoms with E-state index in [4.69, 9.17) is 4.74 Å². The zero-order chi connectivity index (χ0) is 9.97. The lowest BCUT2D eigenvalue weighted by Crippen LogP contribution is -2.34. The molecule has 0 radical (unpaired) electrons. The standard InChI is InChI=1S/C10H11BrINO/c11-9-2-1-7(12)5-8(9)10-6-14-4-3-13-10/h1-2,5,10,13H,3-4,6H2/t10-/m0/s1. The van der Waals surface area contributed by atoms with E-state index in [0.717, 1.165) is 24.2 Å². The zero-order valence-corrected chi connectivity index (χ0v) is 11.3. The highest BCUT2D eigenvalue weighted by Crippen LogP contribution is 2.26. The van der Waals surface area contributed by atoms with Gasteiger partial charge in [0.15, 0.2) is 0 Å². The van der Waals surface area contributed by atoms with Gasteiger partial charge in [-0.3, -0.25) is 0 Å². The molecule has 1 aliphatic rings. The molecule has 0 aliphatic carbocycles. The maximum Gasteiger partial charge on any atom is 0.0662 e. The molecular formula is C10H11BrINO. The molecule has 1 heterocycles. The number of nitrogens with one attached hydrogen (secondary N) is 1. The number of ether oxygens (including phenoxy) is 1. The van der Waals surface area contributed by atoms with E-state index in [9.17, 15) is 0 Å². The Balaban J connectivity index is 2.24. The predicted octanol–water partition coefficient (Wildman–Crippen LogP) is 2.71. The van der Waals surface area contributed by atoms with Gasteiger partial charge in [-0.25, -0.2) is 0 Å². The quantitative estimate of drug-likeness (QED) is 0.770. The Hall–Kier alpha value is 0.350. The molecule has 0 unspecified atom stereocenters. The highest BCUT2D eigenvalue weighted by atomic mass is 127. The van der Waals surface area contributed by atoms with E-state index in [0.29, 0.717) is 6.04 Å². The van der Waals surface area contributed by atoms with Gasteiger partial charge in [0.2, 0.25) is 0 Å². The maximum atomic E-state index is 5.45. The van der Waals surface area contributed by atoms with Crippen molar-refractivity contribution in [2.75, 3.05) is 19.8 Å². The highest BCUT2D eigenvalue weighted by molar-refractivity contribution is 14.1. The van der Waals surface area contributed by atoms with Crippen LogP contribution >= 0.6 is 38.5 Å². The van der Waals surface area contributed by atoms with Crippen LogP contribution in [0.4, 0.5) is 0 Å². The first kappa shape index (κ1) is 10.9. The second kappa shape index (κ2) is 4.92. The van der Waals surface area contributed by atoms with Crippen molar-refractivity contribution in [3.63, 3.8) is 0 Å². The lowest BCUT2D eigenvalue weighted by Gasteiger charge is -2.25. The molecule has 1 fully saturated rings. The van der Waals surface area contributed by atoms with Crippen molar-refractivity contribution in [3.8, 4) is 0 Å². The minimum absolute atomic E-state index is 0.327. The smallest absolute Gasteiger partial charge is 0.0662 e. The number of hydrogen-bond donors (Lipinski definition) is 1. The van der Waals surface area contributed by atoms with Gasteiger partial charge in [0.05, 0.1) is 19.3 Å². The van der Waals surface area contributed by atoms with Gasteiger partial charge in [0.25, 0.3) is 0 Å². The van der Waals surface area contributed by atoms with Gasteiger partial charge in [-0.15, -0.1) is 0 Å². The molecule has 1 aliphatic heterocycles. The number of halogens is 2. The molecule has 4 heteroatoms. The van der Waals surface area contributed by atoms with E-state index in [1.54, 1.807) is 0 Å². The van der Waals surface area contributed by atoms with Crippen molar-refractivity contribution in [2.45, 2.75) is 6.04 Å². The molecule has 1 aromatic rings. The van der Waals surface area contributed by atoms with E-state index < -0.39 is 0 Å². The van der Waals surface area contributed by atoms with E-state index in [2.05, 4.69) is 62.0 Å². The summed E-state index contributed by atoms with van der Waals surface area (Å²) in [6.45, 7) is 2.51. The first-order valence-corrected chi connectivity index (χ1v) is 6.40. The summed E-state index contributed by atoms with van der Waals surface area (Å²) < 4.78 is 7.86. The molecule has 1 aromatic carbocycles. The summed E-state index contributed by atoms with van der Waals surface area (Å²) in [4.78, 5) is 0. The molecule has 2 nitrogen and oxygen atoms in total. The van der Waals surface area contributed by atoms with Crippen LogP contribution in [0.2, 0.25) is 0 Å². The van der Waals surface area contributed by atoms with Crippen LogP contribution in [0.5, 0.6) is 0 Å². The molecule has 1 saturated heterocycles. The van der Waals surface area contributed by atoms with Crippen LogP contribution in [0.25, 0.3) is 0 Å². The average Bonchev–Trinajstić information content (AvgIpc) is 2.23. The van der Waals surface area contributed by atoms with Gasteiger partial charge in [0, 0.05) is 14.6 Å². The number of benzene rings is 1. The van der Waals surface area contributed by atoms with Crippen molar-refractivity contribution >= 4 is 38.5 Å². The van der Waals surface area contributed by atoms with Gasteiger partial charge in [-0.05, 0) is 46.4 Å². The summed E-state index contributed by atoms with van der Waals surface area (Å²) in [5.74, 6) is 0. The Morgan fingerprint density at radius 1 is 1.50 bits per heavy atom. The SMILES string of the molecule is Brc1ccc(I)cc1[C@@H]1COCCN1. The molecule has 14 heavy (non-hydrogen) atoms. The van der Waals surface area contributed by atoms with Crippen LogP contribution in [-0.4, -0.2) is 19.8 Å². The highest BCUT2D eigenvalue weighted by Gasteiger charge is 2.17. The third-order valence-corrected chi connectivity index (χ3v) is 3.65. The number of rotatable bonds is 1. The molecule has 1 N–H and O–H groups in total. The molecule has 0 saturated carbocycles. The summed E-state index contributed by atoms with van der Waals surface area (Å²) in [5.41, 5.74) is 1.29. The third-order valence-electron chi connectivity index (χ3n) is 2.26. The van der Waals surface area contributed by atoms with E-state index in [-0.39, 0.29) is 0 Å². The average molecular weight is 368 g/mol. The lowest BCUT2D eigenvalue weighted by molar-refractivity contribution is 0.0766. The summed E-state index contributed by atoms with van der Waals surface area (Å²) >= 11 is 5.90. The minimum atomic E-state index is 0.327. The Morgan fingerprint density at radius 3 is 3.07 bits per heavy atom. The van der Waals surface area contributed by atoms with Crippen molar-refractivity contribution in [2.24, 2.45) is 0 Å². The Kier molecular flexibility index (Phi) is 3.81. The topological polar surface area (TPSA) is 21.3 Å². The fourth-order valence-corrected chi connectivity index (χ4v) is 2.59. The van der Waals surface area contributed by atoms with Crippen LogP contribution in [0.15, 0.2) is 22.7 Å². The second-order valence-corrected chi connectivity index (χ2v) is 5.35. The normalized spacial score (nSPS) is 22.3. The largest absolute Gasteiger partial charge is 0.378 e. The van der Waals surface area contributed by atoms with Gasteiger partial charge in [-0.1, -0.05) is 15.9 Å². The first-order valence-electron chi connectivity index (χ1n) is 4.53. The minimum Gasteiger partial charge on any atom is -0.378 e. The molecule has 1 atom stereocenters. The Labute approximate surface area is 106 Å². The molecule has 0 spiro atoms. The fourth-order valence-electron chi connectivity index (χ4n) is 1.55. The Morgan fingerprint density at radius 2 is 2.36 bits per heavy atom. The zero-order valence-electron chi connectivity index (χ0n) is 7.59. The monoisotopic (exact) mass is 367 g/mol. The number of hydrogen-bond acceptors (Lipinski definition) is 2. The van der Waals surface area contributed by atoms with Crippen LogP contribution < -0.4 is 5.32 Å². The predicted molar refractivity (Wildman–Crippen MR) is 68.4 cm³/mol. The lowest BCUT2D eigenvalue weighted by atomic mass is 10.1. The summed E-state index contributed by atoms with van der Waals surface area (Å²) in [5, 5.41) is 3.45. The van der Waals surface area contributed by atoms with Crippen molar-refractivity contribution in [3.05, 3.63) is 31.8 Å². The van der Waals surface area contributed by atoms with Crippen LogP contribution in [0.3, 0.4) is 0 Å². The van der Waals surface area contributed by atoms with E-state index in [1.807, 2.05) is 0 Å². The van der Waals surface area contributed by atoms with Crippen molar-refractivity contribution < 1.29 is 4.74 Å². The molecule has 0 aromatic heterocycles. The van der Waals surface area contributed by atoms with Crippen LogP contribution in [0, 0.1) is 3.57 Å². The third kappa shape index (κ3) is 2.48. The van der Waals surface area contributed by atoms with Crippen molar-refractivity contribution in [1.82, 2.24) is 5.32 Å². The fraction of sp³-hybridized carbons (Fsp3) is 0.400. The Bertz CT molecular complexity index is 326. The van der Waals surface area contributed by atoms with Gasteiger partial charge >= 0.3 is 0 Å². The van der Waals surface area contributed by atoms with Gasteiger partial charge < -0.3 is 10.1 Å². The number of morpholine rings is 1. The molecule has 76 valence electrons. The van der Waals surface area contributed by atoms with E-state index in [1.165, 1.54) is 9.13 Å². The summed E-state index contributed by atoms with van der Waals surface area (Å²) in [7, 11) is 0. The molecule has 2 rings (SSSR count). The summed E-state index contributed by atoms with van der Waals surface area (Å²) in [6, 6.07) is 6.70. The molecular weight excluding hydrogens is 357 g/mol. The van der Waals surface area contributed by atoms with Gasteiger partial charge in [-0.2, -0.15) is 0 Å². The van der Waals surface area contributed by atoms with Crippen LogP contribution in [0.1, 0.15) is 11.6 Å². The summed E-state index contributed by atoms with van der Waals surface area (Å²) in [6.07, 6.45) is 0. The van der Waals surface area contributed by atoms with E-state index >= 15 is 0 Å². The second-order valence-electron chi connectivity index (χ2n) is 3.25.